The molecule has 0 unspecified atom stereocenters. The Balaban J connectivity index is 1.49. The van der Waals surface area contributed by atoms with Crippen LogP contribution in [0.4, 0.5) is 4.79 Å². The number of hydrogen-bond acceptors (Lipinski definition) is 4. The van der Waals surface area contributed by atoms with Gasteiger partial charge in [0, 0.05) is 17.1 Å². The van der Waals surface area contributed by atoms with Gasteiger partial charge in [0.2, 0.25) is 0 Å². The fourth-order valence-corrected chi connectivity index (χ4v) is 4.40. The molecule has 1 N–H and O–H groups in total. The number of nitrogens with zero attached hydrogens (tertiary/aromatic N) is 2. The highest BCUT2D eigenvalue weighted by atomic mass is 35.5. The number of hydrogen-bond donors (Lipinski definition) is 1. The molecular weight excluding hydrogens is 418 g/mol. The molecule has 31 heavy (non-hydrogen) atoms. The lowest BCUT2D eigenvalue weighted by Crippen LogP contribution is -2.59. The lowest BCUT2D eigenvalue weighted by atomic mass is 9.88. The molecule has 4 rings (SSSR count). The second-order valence-electron chi connectivity index (χ2n) is 7.82. The molecule has 1 atom stereocenters. The minimum atomic E-state index is -1.09. The minimum absolute atomic E-state index is 0.139. The van der Waals surface area contributed by atoms with Crippen molar-refractivity contribution in [1.82, 2.24) is 15.1 Å². The Bertz CT molecular complexity index is 1010. The molecule has 8 heteroatoms. The van der Waals surface area contributed by atoms with Crippen LogP contribution in [0.1, 0.15) is 35.7 Å². The quantitative estimate of drug-likeness (QED) is 0.720. The molecule has 0 aromatic heterocycles. The van der Waals surface area contributed by atoms with Gasteiger partial charge in [0.05, 0.1) is 19.7 Å². The molecule has 4 amide bonds. The number of nitrogens with one attached hydrogen (secondary N) is 1. The van der Waals surface area contributed by atoms with E-state index in [1.807, 2.05) is 13.0 Å². The maximum atomic E-state index is 13.3. The standard InChI is InChI=1S/C23H24ClN3O4/c1-2-31-19-9-7-17(8-10-19)20(28)26-12-4-11-23(15-26)21(29)27(22(30)25-23)14-16-5-3-6-18(24)13-16/h3,5-10,13H,2,4,11-12,14-15H2,1H3,(H,25,30)/t23-/m1/s1. The number of benzene rings is 2. The number of imide groups is 1. The van der Waals surface area contributed by atoms with Gasteiger partial charge in [-0.1, -0.05) is 23.7 Å². The molecule has 2 aromatic carbocycles. The van der Waals surface area contributed by atoms with E-state index in [1.54, 1.807) is 47.4 Å². The Labute approximate surface area is 185 Å². The summed E-state index contributed by atoms with van der Waals surface area (Å²) in [6.07, 6.45) is 1.12. The molecule has 2 heterocycles. The van der Waals surface area contributed by atoms with Gasteiger partial charge in [-0.3, -0.25) is 14.5 Å². The fraction of sp³-hybridized carbons (Fsp3) is 0.348. The fourth-order valence-electron chi connectivity index (χ4n) is 4.19. The normalized spacial score (nSPS) is 20.8. The SMILES string of the molecule is CCOc1ccc(C(=O)N2CCC[C@]3(C2)NC(=O)N(Cc2cccc(Cl)c2)C3=O)cc1. The zero-order chi connectivity index (χ0) is 22.0. The Hall–Kier alpha value is -3.06. The van der Waals surface area contributed by atoms with Gasteiger partial charge in [-0.05, 0) is 61.7 Å². The molecule has 0 bridgehead atoms. The van der Waals surface area contributed by atoms with E-state index in [0.717, 1.165) is 5.56 Å². The van der Waals surface area contributed by atoms with Crippen molar-refractivity contribution in [3.05, 3.63) is 64.7 Å². The maximum absolute atomic E-state index is 13.3. The topological polar surface area (TPSA) is 79.0 Å². The molecule has 2 aromatic rings. The van der Waals surface area contributed by atoms with Crippen LogP contribution in [0.2, 0.25) is 5.02 Å². The summed E-state index contributed by atoms with van der Waals surface area (Å²) in [5.74, 6) is 0.225. The summed E-state index contributed by atoms with van der Waals surface area (Å²) in [6, 6.07) is 13.6. The van der Waals surface area contributed by atoms with Crippen LogP contribution in [0.3, 0.4) is 0 Å². The van der Waals surface area contributed by atoms with Crippen LogP contribution in [0.5, 0.6) is 5.75 Å². The summed E-state index contributed by atoms with van der Waals surface area (Å²) in [4.78, 5) is 41.8. The summed E-state index contributed by atoms with van der Waals surface area (Å²) >= 11 is 6.03. The first kappa shape index (κ1) is 21.2. The molecule has 2 aliphatic heterocycles. The van der Waals surface area contributed by atoms with Gasteiger partial charge < -0.3 is 15.0 Å². The Morgan fingerprint density at radius 2 is 1.97 bits per heavy atom. The number of carbonyl (C=O) groups is 3. The number of rotatable bonds is 5. The highest BCUT2D eigenvalue weighted by molar-refractivity contribution is 6.30. The predicted octanol–water partition coefficient (Wildman–Crippen LogP) is 3.47. The average molecular weight is 442 g/mol. The largest absolute Gasteiger partial charge is 0.494 e. The van der Waals surface area contributed by atoms with Crippen LogP contribution in [0, 0.1) is 0 Å². The average Bonchev–Trinajstić information content (AvgIpc) is 2.98. The van der Waals surface area contributed by atoms with Crippen molar-refractivity contribution in [2.45, 2.75) is 31.8 Å². The number of carbonyl (C=O) groups excluding carboxylic acids is 3. The van der Waals surface area contributed by atoms with Crippen LogP contribution in [-0.4, -0.2) is 52.9 Å². The van der Waals surface area contributed by atoms with Crippen molar-refractivity contribution in [2.24, 2.45) is 0 Å². The second kappa shape index (κ2) is 8.59. The van der Waals surface area contributed by atoms with E-state index in [-0.39, 0.29) is 24.9 Å². The van der Waals surface area contributed by atoms with Crippen LogP contribution in [0.15, 0.2) is 48.5 Å². The monoisotopic (exact) mass is 441 g/mol. The number of piperidine rings is 1. The third kappa shape index (κ3) is 4.23. The number of halogens is 1. The first-order valence-electron chi connectivity index (χ1n) is 10.3. The number of urea groups is 1. The van der Waals surface area contributed by atoms with E-state index in [2.05, 4.69) is 5.32 Å². The third-order valence-electron chi connectivity index (χ3n) is 5.67. The number of likely N-dealkylation sites (tertiary alicyclic amines) is 1. The van der Waals surface area contributed by atoms with Gasteiger partial charge in [0.1, 0.15) is 11.3 Å². The van der Waals surface area contributed by atoms with Gasteiger partial charge in [0.15, 0.2) is 0 Å². The summed E-state index contributed by atoms with van der Waals surface area (Å²) in [5.41, 5.74) is 0.203. The van der Waals surface area contributed by atoms with Gasteiger partial charge in [0.25, 0.3) is 11.8 Å². The van der Waals surface area contributed by atoms with Gasteiger partial charge in [-0.25, -0.2) is 4.79 Å². The van der Waals surface area contributed by atoms with Crippen molar-refractivity contribution < 1.29 is 19.1 Å². The molecule has 0 radical (unpaired) electrons. The molecule has 7 nitrogen and oxygen atoms in total. The first-order valence-corrected chi connectivity index (χ1v) is 10.7. The van der Waals surface area contributed by atoms with E-state index >= 15 is 0 Å². The smallest absolute Gasteiger partial charge is 0.325 e. The van der Waals surface area contributed by atoms with E-state index in [1.165, 1.54) is 4.90 Å². The summed E-state index contributed by atoms with van der Waals surface area (Å²) < 4.78 is 5.43. The predicted molar refractivity (Wildman–Crippen MR) is 116 cm³/mol. The molecule has 2 fully saturated rings. The summed E-state index contributed by atoms with van der Waals surface area (Å²) in [6.45, 7) is 3.27. The third-order valence-corrected chi connectivity index (χ3v) is 5.90. The number of ether oxygens (including phenoxy) is 1. The number of amides is 4. The maximum Gasteiger partial charge on any atom is 0.325 e. The Morgan fingerprint density at radius 3 is 2.68 bits per heavy atom. The first-order chi connectivity index (χ1) is 14.9. The molecule has 162 valence electrons. The van der Waals surface area contributed by atoms with Crippen molar-refractivity contribution in [1.29, 1.82) is 0 Å². The van der Waals surface area contributed by atoms with E-state index in [4.69, 9.17) is 16.3 Å². The molecule has 1 spiro atoms. The van der Waals surface area contributed by atoms with Crippen LogP contribution >= 0.6 is 11.6 Å². The van der Waals surface area contributed by atoms with Crippen molar-refractivity contribution in [3.63, 3.8) is 0 Å². The Kier molecular flexibility index (Phi) is 5.87. The summed E-state index contributed by atoms with van der Waals surface area (Å²) in [5, 5.41) is 3.40. The highest BCUT2D eigenvalue weighted by Crippen LogP contribution is 2.30. The van der Waals surface area contributed by atoms with Crippen molar-refractivity contribution in [3.8, 4) is 5.75 Å². The van der Waals surface area contributed by atoms with Crippen LogP contribution in [0.25, 0.3) is 0 Å². The molecule has 2 aliphatic rings. The van der Waals surface area contributed by atoms with E-state index in [0.29, 0.717) is 42.3 Å². The van der Waals surface area contributed by atoms with Gasteiger partial charge in [-0.2, -0.15) is 0 Å². The molecule has 2 saturated heterocycles. The second-order valence-corrected chi connectivity index (χ2v) is 8.26. The van der Waals surface area contributed by atoms with Crippen LogP contribution < -0.4 is 10.1 Å². The van der Waals surface area contributed by atoms with E-state index in [9.17, 15) is 14.4 Å². The molecule has 0 aliphatic carbocycles. The van der Waals surface area contributed by atoms with Crippen molar-refractivity contribution >= 4 is 29.4 Å². The van der Waals surface area contributed by atoms with Gasteiger partial charge >= 0.3 is 6.03 Å². The lowest BCUT2D eigenvalue weighted by molar-refractivity contribution is -0.133. The van der Waals surface area contributed by atoms with E-state index < -0.39 is 11.6 Å². The highest BCUT2D eigenvalue weighted by Gasteiger charge is 2.53. The molecular formula is C23H24ClN3O4. The van der Waals surface area contributed by atoms with Crippen LogP contribution in [-0.2, 0) is 11.3 Å². The molecule has 0 saturated carbocycles. The summed E-state index contributed by atoms with van der Waals surface area (Å²) in [7, 11) is 0. The Morgan fingerprint density at radius 1 is 1.19 bits per heavy atom. The van der Waals surface area contributed by atoms with Gasteiger partial charge in [-0.15, -0.1) is 0 Å². The lowest BCUT2D eigenvalue weighted by Gasteiger charge is -2.38. The zero-order valence-corrected chi connectivity index (χ0v) is 18.0. The van der Waals surface area contributed by atoms with Crippen molar-refractivity contribution in [2.75, 3.05) is 19.7 Å². The minimum Gasteiger partial charge on any atom is -0.494 e. The zero-order valence-electron chi connectivity index (χ0n) is 17.3.